The first-order chi connectivity index (χ1) is 49.8. The van der Waals surface area contributed by atoms with Gasteiger partial charge in [-0.15, -0.1) is 0 Å². The Hall–Kier alpha value is -13.0. The highest BCUT2D eigenvalue weighted by atomic mass is 16.6. The molecule has 532 valence electrons. The molecule has 12 aromatic rings. The Balaban J connectivity index is 0.000000205. The van der Waals surface area contributed by atoms with Gasteiger partial charge < -0.3 is 46.5 Å². The van der Waals surface area contributed by atoms with E-state index < -0.39 is 11.9 Å². The van der Waals surface area contributed by atoms with E-state index >= 15 is 0 Å². The lowest BCUT2D eigenvalue weighted by Crippen LogP contribution is -2.21. The number of nitrogens with one attached hydrogen (secondary N) is 7. The Morgan fingerprint density at radius 3 is 1.23 bits per heavy atom. The molecule has 6 aromatic carbocycles. The van der Waals surface area contributed by atoms with Crippen molar-refractivity contribution in [1.29, 1.82) is 0 Å². The molecule has 0 saturated carbocycles. The fourth-order valence-corrected chi connectivity index (χ4v) is 10.3. The number of nitrogens with two attached hydrogens (primary N) is 1. The van der Waals surface area contributed by atoms with E-state index in [1.54, 1.807) is 46.5 Å². The number of esters is 2. The number of amides is 5. The summed E-state index contributed by atoms with van der Waals surface area (Å²) in [7, 11) is 0. The zero-order valence-corrected chi connectivity index (χ0v) is 59.6. The van der Waals surface area contributed by atoms with Crippen molar-refractivity contribution in [2.75, 3.05) is 31.9 Å². The van der Waals surface area contributed by atoms with Gasteiger partial charge in [-0.25, -0.2) is 38.9 Å². The van der Waals surface area contributed by atoms with E-state index in [4.69, 9.17) is 25.4 Å². The fraction of sp³-hybridized carbons (Fsp3) is 0.218. The number of rotatable bonds is 19. The lowest BCUT2D eigenvalue weighted by molar-refractivity contribution is -0.156. The highest BCUT2D eigenvalue weighted by Crippen LogP contribution is 2.36. The van der Waals surface area contributed by atoms with Crippen molar-refractivity contribution in [1.82, 2.24) is 54.8 Å². The van der Waals surface area contributed by atoms with E-state index in [9.17, 15) is 24.0 Å². The average Bonchev–Trinajstić information content (AvgIpc) is 1.78. The summed E-state index contributed by atoms with van der Waals surface area (Å²) in [5.74, 6) is 3.55. The van der Waals surface area contributed by atoms with Crippen molar-refractivity contribution < 1.29 is 38.2 Å². The molecule has 0 aliphatic carbocycles. The van der Waals surface area contributed by atoms with Gasteiger partial charge in [0, 0.05) is 84.2 Å². The lowest BCUT2D eigenvalue weighted by Gasteiger charge is -2.15. The standard InChI is InChI=1S/C38H39N9O3.C36H37N9O2.C4H6O3/c1-24-10-12-28(13-11-24)47-36(19-33(46-47)38(3,4)5)45-37(49)43-31-14-15-32(30-9-7-6-8-29(30)31)50-23-26-16-17-39-34(18-26)44-35-22-41-27(21-42-35)20-40-25(2)48;1-23-9-11-26(12-10-23)45-34(18-31(44-45)36(2,3)4)43-35(46)41-29-13-14-30(28-8-6-5-7-27(28)29)47-22-24-15-16-38-32(17-24)42-33-21-39-25(19-37)20-40-33;1-3(5)7-4(2)6/h6-19,21-22H,20,23H2,1-5H3,(H,40,48)(H,39,42,44)(H2,43,45,49);5-18,20-21H,19,22,37H2,1-4H3,(H,38,40,42)(H2,41,43,46);1-2H3. The van der Waals surface area contributed by atoms with Crippen LogP contribution in [0.5, 0.6) is 11.5 Å². The van der Waals surface area contributed by atoms with Crippen LogP contribution in [0, 0.1) is 13.8 Å². The summed E-state index contributed by atoms with van der Waals surface area (Å²) in [4.78, 5) is 83.6. The second kappa shape index (κ2) is 33.5. The minimum Gasteiger partial charge on any atom is -0.488 e. The summed E-state index contributed by atoms with van der Waals surface area (Å²) in [5, 5.41) is 34.1. The zero-order chi connectivity index (χ0) is 74.1. The molecule has 104 heavy (non-hydrogen) atoms. The summed E-state index contributed by atoms with van der Waals surface area (Å²) < 4.78 is 20.0. The van der Waals surface area contributed by atoms with Crippen LogP contribution < -0.4 is 52.4 Å². The topological polar surface area (TPSA) is 336 Å². The number of carbonyl (C=O) groups is 5. The molecule has 0 spiro atoms. The number of benzene rings is 6. The van der Waals surface area contributed by atoms with E-state index in [1.165, 1.54) is 20.8 Å². The van der Waals surface area contributed by atoms with Crippen LogP contribution in [0.1, 0.15) is 107 Å². The number of hydrogen-bond donors (Lipinski definition) is 8. The van der Waals surface area contributed by atoms with Crippen LogP contribution in [0.2, 0.25) is 0 Å². The van der Waals surface area contributed by atoms with Crippen molar-refractivity contribution in [3.05, 3.63) is 240 Å². The maximum absolute atomic E-state index is 13.4. The predicted octanol–water partition coefficient (Wildman–Crippen LogP) is 14.8. The largest absolute Gasteiger partial charge is 0.488 e. The third-order valence-corrected chi connectivity index (χ3v) is 15.6. The molecular weight excluding hydrogens is 1320 g/mol. The molecule has 12 rings (SSSR count). The van der Waals surface area contributed by atoms with Crippen molar-refractivity contribution in [3.63, 3.8) is 0 Å². The Kier molecular flexibility index (Phi) is 23.7. The van der Waals surface area contributed by atoms with Crippen molar-refractivity contribution >= 4 is 97.7 Å². The van der Waals surface area contributed by atoms with Crippen LogP contribution in [-0.4, -0.2) is 79.4 Å². The van der Waals surface area contributed by atoms with Crippen molar-refractivity contribution in [3.8, 4) is 22.9 Å². The van der Waals surface area contributed by atoms with Crippen LogP contribution in [0.3, 0.4) is 0 Å². The van der Waals surface area contributed by atoms with Gasteiger partial charge in [-0.2, -0.15) is 10.2 Å². The SMILES string of the molecule is CC(=O)NCc1cnc(Nc2cc(COc3ccc(NC(=O)Nc4cc(C(C)(C)C)nn4-c4ccc(C)cc4)c4ccccc34)ccn2)cn1.CC(=O)OC(C)=O.Cc1ccc(-n2nc(C(C)(C)C)cc2NC(=O)Nc2ccc(OCc3ccnc(Nc4cnc(CN)cn4)c3)c3ccccc23)cc1. The minimum absolute atomic E-state index is 0.130. The van der Waals surface area contributed by atoms with E-state index in [2.05, 4.69) is 113 Å². The molecule has 0 aliphatic heterocycles. The minimum atomic E-state index is -0.562. The van der Waals surface area contributed by atoms with Gasteiger partial charge in [-0.1, -0.05) is 125 Å². The van der Waals surface area contributed by atoms with Crippen LogP contribution in [-0.2, 0) is 56.3 Å². The lowest BCUT2D eigenvalue weighted by atomic mass is 9.92. The molecule has 0 unspecified atom stereocenters. The number of aryl methyl sites for hydroxylation is 2. The van der Waals surface area contributed by atoms with Gasteiger partial charge in [-0.3, -0.25) is 35.0 Å². The van der Waals surface area contributed by atoms with Gasteiger partial charge in [0.1, 0.15) is 59.6 Å². The molecule has 26 heteroatoms. The number of anilines is 8. The van der Waals surface area contributed by atoms with Crippen LogP contribution in [0.15, 0.2) is 195 Å². The second-order valence-corrected chi connectivity index (χ2v) is 26.2. The molecule has 5 amide bonds. The summed E-state index contributed by atoms with van der Waals surface area (Å²) in [5.41, 5.74) is 15.4. The second-order valence-electron chi connectivity index (χ2n) is 26.2. The number of pyridine rings is 2. The summed E-state index contributed by atoms with van der Waals surface area (Å²) in [6.07, 6.45) is 9.84. The van der Waals surface area contributed by atoms with E-state index in [-0.39, 0.29) is 35.4 Å². The molecule has 0 bridgehead atoms. The van der Waals surface area contributed by atoms with Gasteiger partial charge in [0.2, 0.25) is 5.91 Å². The van der Waals surface area contributed by atoms with Crippen LogP contribution >= 0.6 is 0 Å². The molecule has 0 aliphatic rings. The Morgan fingerprint density at radius 2 is 0.865 bits per heavy atom. The Morgan fingerprint density at radius 1 is 0.452 bits per heavy atom. The first kappa shape index (κ1) is 73.7. The number of hydrogen-bond acceptors (Lipinski definition) is 19. The highest BCUT2D eigenvalue weighted by molar-refractivity contribution is 6.08. The van der Waals surface area contributed by atoms with Crippen LogP contribution in [0.4, 0.5) is 55.9 Å². The van der Waals surface area contributed by atoms with Gasteiger partial charge in [-0.05, 0) is 97.8 Å². The number of fused-ring (bicyclic) bond motifs is 2. The quantitative estimate of drug-likeness (QED) is 0.0275. The monoisotopic (exact) mass is 1400 g/mol. The summed E-state index contributed by atoms with van der Waals surface area (Å²) >= 11 is 0. The molecule has 0 fully saturated rings. The normalized spacial score (nSPS) is 11.0. The van der Waals surface area contributed by atoms with Gasteiger partial charge in [0.25, 0.3) is 0 Å². The molecule has 9 N–H and O–H groups in total. The summed E-state index contributed by atoms with van der Waals surface area (Å²) in [6, 6.07) is 49.6. The van der Waals surface area contributed by atoms with E-state index in [0.717, 1.165) is 66.6 Å². The summed E-state index contributed by atoms with van der Waals surface area (Å²) in [6.45, 7) is 21.7. The van der Waals surface area contributed by atoms with Crippen molar-refractivity contribution in [2.45, 2.75) is 113 Å². The number of ether oxygens (including phenoxy) is 3. The van der Waals surface area contributed by atoms with Gasteiger partial charge in [0.05, 0.1) is 76.9 Å². The number of urea groups is 2. The molecule has 0 radical (unpaired) electrons. The molecule has 6 aromatic heterocycles. The fourth-order valence-electron chi connectivity index (χ4n) is 10.3. The van der Waals surface area contributed by atoms with Crippen molar-refractivity contribution in [2.24, 2.45) is 5.73 Å². The molecule has 0 atom stereocenters. The van der Waals surface area contributed by atoms with Crippen LogP contribution in [0.25, 0.3) is 32.9 Å². The maximum Gasteiger partial charge on any atom is 0.324 e. The molecular formula is C78H82N18O8. The zero-order valence-electron chi connectivity index (χ0n) is 59.6. The first-order valence-corrected chi connectivity index (χ1v) is 33.3. The third-order valence-electron chi connectivity index (χ3n) is 15.6. The average molecular weight is 1400 g/mol. The molecule has 26 nitrogen and oxygen atoms in total. The van der Waals surface area contributed by atoms with E-state index in [0.29, 0.717) is 88.9 Å². The Bertz CT molecular complexity index is 5000. The predicted molar refractivity (Wildman–Crippen MR) is 403 cm³/mol. The van der Waals surface area contributed by atoms with Gasteiger partial charge >= 0.3 is 24.0 Å². The molecule has 0 saturated heterocycles. The number of nitrogens with zero attached hydrogens (tertiary/aromatic N) is 10. The first-order valence-electron chi connectivity index (χ1n) is 33.3. The third kappa shape index (κ3) is 20.4. The maximum atomic E-state index is 13.4. The highest BCUT2D eigenvalue weighted by Gasteiger charge is 2.24. The van der Waals surface area contributed by atoms with E-state index in [1.807, 2.05) is 172 Å². The smallest absolute Gasteiger partial charge is 0.324 e. The number of carbonyl (C=O) groups excluding carboxylic acids is 5. The molecule has 6 heterocycles. The van der Waals surface area contributed by atoms with Gasteiger partial charge in [0.15, 0.2) is 0 Å². The number of aromatic nitrogens is 10. The Labute approximate surface area is 601 Å².